The van der Waals surface area contributed by atoms with E-state index in [1.165, 1.54) is 0 Å². The smallest absolute Gasteiger partial charge is 0.472 e. The molecule has 0 aromatic carbocycles. The molecule has 1 aliphatic rings. The zero-order valence-electron chi connectivity index (χ0n) is 9.04. The summed E-state index contributed by atoms with van der Waals surface area (Å²) in [5.74, 6) is -2.64. The molecule has 0 spiro atoms. The van der Waals surface area contributed by atoms with Crippen LogP contribution < -0.4 is 0 Å². The van der Waals surface area contributed by atoms with Gasteiger partial charge in [0.15, 0.2) is 12.2 Å². The maximum absolute atomic E-state index is 10.6. The van der Waals surface area contributed by atoms with E-state index < -0.39 is 31.5 Å². The summed E-state index contributed by atoms with van der Waals surface area (Å²) in [6.07, 6.45) is -0.538. The molecule has 2 atom stereocenters. The van der Waals surface area contributed by atoms with Crippen LogP contribution >= 0.6 is 0 Å². The van der Waals surface area contributed by atoms with Gasteiger partial charge in [0, 0.05) is 12.4 Å². The Labute approximate surface area is 102 Å². The van der Waals surface area contributed by atoms with Gasteiger partial charge < -0.3 is 24.5 Å². The molecule has 1 aliphatic heterocycles. The van der Waals surface area contributed by atoms with Gasteiger partial charge in [-0.25, -0.2) is 0 Å². The van der Waals surface area contributed by atoms with Gasteiger partial charge in [0.2, 0.25) is 0 Å². The van der Waals surface area contributed by atoms with E-state index in [0.717, 1.165) is 0 Å². The van der Waals surface area contributed by atoms with Crippen LogP contribution in [0.5, 0.6) is 0 Å². The van der Waals surface area contributed by atoms with Crippen molar-refractivity contribution in [3.8, 4) is 0 Å². The molecule has 0 radical (unpaired) electrons. The van der Waals surface area contributed by atoms with Crippen LogP contribution in [0.25, 0.3) is 0 Å². The van der Waals surface area contributed by atoms with Gasteiger partial charge in [0.1, 0.15) is 0 Å². The molecular weight excluding hydrogens is 245 g/mol. The molecule has 1 aromatic heterocycles. The van der Waals surface area contributed by atoms with Crippen molar-refractivity contribution in [1.82, 2.24) is 4.98 Å². The van der Waals surface area contributed by atoms with Gasteiger partial charge in [-0.1, -0.05) is 6.07 Å². The fourth-order valence-corrected chi connectivity index (χ4v) is 0.933. The number of hydrogen-bond acceptors (Lipinski definition) is 8. The molecule has 2 rings (SSSR count). The molecule has 1 saturated heterocycles. The number of rotatable bonds is 0. The zero-order valence-corrected chi connectivity index (χ0v) is 9.04. The lowest BCUT2D eigenvalue weighted by Gasteiger charge is -2.07. The molecule has 2 unspecified atom stereocenters. The highest BCUT2D eigenvalue weighted by Crippen LogP contribution is 2.06. The van der Waals surface area contributed by atoms with Crippen LogP contribution in [-0.2, 0) is 18.9 Å². The molecule has 1 fully saturated rings. The first-order valence-electron chi connectivity index (χ1n) is 4.82. The average molecular weight is 255 g/mol. The van der Waals surface area contributed by atoms with Gasteiger partial charge in [-0.05, 0) is 12.1 Å². The minimum absolute atomic E-state index is 1.32. The van der Waals surface area contributed by atoms with Crippen LogP contribution in [0.3, 0.4) is 0 Å². The van der Waals surface area contributed by atoms with Crippen LogP contribution in [0, 0.1) is 0 Å². The van der Waals surface area contributed by atoms with E-state index in [9.17, 15) is 9.59 Å². The first-order chi connectivity index (χ1) is 8.52. The number of aliphatic hydroxyl groups excluding tert-OH is 2. The second-order valence-electron chi connectivity index (χ2n) is 3.10. The number of carbonyl (C=O) groups is 2. The highest BCUT2D eigenvalue weighted by molar-refractivity contribution is 6.41. The summed E-state index contributed by atoms with van der Waals surface area (Å²) < 4.78 is 7.86. The number of nitrogens with zero attached hydrogens (tertiary/aromatic N) is 1. The Morgan fingerprint density at radius 3 is 1.72 bits per heavy atom. The van der Waals surface area contributed by atoms with Gasteiger partial charge >= 0.3 is 19.3 Å². The third-order valence-electron chi connectivity index (χ3n) is 1.78. The maximum Gasteiger partial charge on any atom is 0.789 e. The summed E-state index contributed by atoms with van der Waals surface area (Å²) >= 11 is 0. The van der Waals surface area contributed by atoms with E-state index >= 15 is 0 Å². The normalized spacial score (nSPS) is 23.2. The van der Waals surface area contributed by atoms with Crippen LogP contribution in [0.4, 0.5) is 0 Å². The fraction of sp³-hybridized carbons (Fsp3) is 0.222. The Morgan fingerprint density at radius 2 is 1.44 bits per heavy atom. The number of hydrogen-bond donors (Lipinski definition) is 3. The minimum atomic E-state index is -2.07. The van der Waals surface area contributed by atoms with E-state index in [4.69, 9.17) is 15.2 Å². The lowest BCUT2D eigenvalue weighted by molar-refractivity contribution is -0.156. The van der Waals surface area contributed by atoms with Gasteiger partial charge in [-0.15, -0.1) is 0 Å². The monoisotopic (exact) mass is 255 g/mol. The molecule has 9 heteroatoms. The Kier molecular flexibility index (Phi) is 5.24. The molecule has 3 N–H and O–H groups in total. The highest BCUT2D eigenvalue weighted by atomic mass is 16.7. The van der Waals surface area contributed by atoms with Crippen molar-refractivity contribution in [2.45, 2.75) is 12.2 Å². The largest absolute Gasteiger partial charge is 0.789 e. The number of pyridine rings is 1. The third-order valence-corrected chi connectivity index (χ3v) is 1.78. The van der Waals surface area contributed by atoms with Crippen LogP contribution in [0.15, 0.2) is 30.6 Å². The SMILES string of the molecule is O=C1OB(O)OC(=O)C(O)C1O.c1ccncc1. The molecule has 0 amide bonds. The van der Waals surface area contributed by atoms with Gasteiger partial charge in [-0.3, -0.25) is 14.6 Å². The van der Waals surface area contributed by atoms with Crippen molar-refractivity contribution in [2.24, 2.45) is 0 Å². The molecule has 2 heterocycles. The quantitative estimate of drug-likeness (QED) is 0.448. The van der Waals surface area contributed by atoms with Crippen molar-refractivity contribution < 1.29 is 34.1 Å². The Bertz CT molecular complexity index is 352. The van der Waals surface area contributed by atoms with E-state index in [-0.39, 0.29) is 0 Å². The second-order valence-corrected chi connectivity index (χ2v) is 3.10. The summed E-state index contributed by atoms with van der Waals surface area (Å²) in [5, 5.41) is 26.1. The number of aliphatic hydroxyl groups is 2. The molecule has 0 bridgehead atoms. The Balaban J connectivity index is 0.000000225. The van der Waals surface area contributed by atoms with Crippen molar-refractivity contribution in [3.05, 3.63) is 30.6 Å². The first-order valence-corrected chi connectivity index (χ1v) is 4.82. The summed E-state index contributed by atoms with van der Waals surface area (Å²) in [6, 6.07) is 5.72. The van der Waals surface area contributed by atoms with Crippen LogP contribution in [0.2, 0.25) is 0 Å². The molecule has 1 aromatic rings. The maximum atomic E-state index is 10.6. The van der Waals surface area contributed by atoms with Gasteiger partial charge in [0.25, 0.3) is 0 Å². The lowest BCUT2D eigenvalue weighted by atomic mass is 10.2. The summed E-state index contributed by atoms with van der Waals surface area (Å²) in [7, 11) is -2.07. The number of aromatic nitrogens is 1. The fourth-order valence-electron chi connectivity index (χ4n) is 0.933. The van der Waals surface area contributed by atoms with Gasteiger partial charge in [-0.2, -0.15) is 0 Å². The lowest BCUT2D eigenvalue weighted by Crippen LogP contribution is -2.38. The number of carbonyl (C=O) groups excluding carboxylic acids is 2. The predicted octanol–water partition coefficient (Wildman–Crippen LogP) is -2.13. The predicted molar refractivity (Wildman–Crippen MR) is 56.4 cm³/mol. The van der Waals surface area contributed by atoms with E-state index in [0.29, 0.717) is 0 Å². The van der Waals surface area contributed by atoms with Crippen molar-refractivity contribution in [1.29, 1.82) is 0 Å². The van der Waals surface area contributed by atoms with Crippen molar-refractivity contribution in [2.75, 3.05) is 0 Å². The molecule has 96 valence electrons. The first kappa shape index (κ1) is 14.1. The summed E-state index contributed by atoms with van der Waals surface area (Å²) in [4.78, 5) is 24.9. The van der Waals surface area contributed by atoms with E-state index in [1.54, 1.807) is 12.4 Å². The van der Waals surface area contributed by atoms with Crippen molar-refractivity contribution in [3.63, 3.8) is 0 Å². The molecule has 8 nitrogen and oxygen atoms in total. The van der Waals surface area contributed by atoms with Gasteiger partial charge in [0.05, 0.1) is 0 Å². The van der Waals surface area contributed by atoms with E-state index in [2.05, 4.69) is 14.3 Å². The summed E-state index contributed by atoms with van der Waals surface area (Å²) in [5.41, 5.74) is 0. The molecule has 0 aliphatic carbocycles. The topological polar surface area (TPSA) is 126 Å². The molecule has 18 heavy (non-hydrogen) atoms. The van der Waals surface area contributed by atoms with Crippen molar-refractivity contribution >= 4 is 19.3 Å². The third kappa shape index (κ3) is 4.13. The van der Waals surface area contributed by atoms with Crippen LogP contribution in [0.1, 0.15) is 0 Å². The minimum Gasteiger partial charge on any atom is -0.472 e. The van der Waals surface area contributed by atoms with E-state index in [1.807, 2.05) is 18.2 Å². The second kappa shape index (κ2) is 6.69. The molecular formula is C9H10BNO7. The Morgan fingerprint density at radius 1 is 1.00 bits per heavy atom. The zero-order chi connectivity index (χ0) is 13.5. The average Bonchev–Trinajstić information content (AvgIpc) is 2.46. The Hall–Kier alpha value is -1.97. The van der Waals surface area contributed by atoms with Crippen LogP contribution in [-0.4, -0.2) is 51.7 Å². The molecule has 0 saturated carbocycles. The highest BCUT2D eigenvalue weighted by Gasteiger charge is 2.42. The summed E-state index contributed by atoms with van der Waals surface area (Å²) in [6.45, 7) is 0. The standard InChI is InChI=1S/C5H5N.C4H5BO7/c1-2-4-6-5-3-1;6-1-2(7)4(9)12-5(10)11-3(1)8/h1-5H;1-2,6-7,10H.